The summed E-state index contributed by atoms with van der Waals surface area (Å²) in [5.74, 6) is -2.36. The number of carboxylic acids is 1. The fourth-order valence-corrected chi connectivity index (χ4v) is 4.62. The smallest absolute Gasteiger partial charge is 0.307 e. The fraction of sp³-hybridized carbons (Fsp3) is 0.450. The minimum Gasteiger partial charge on any atom is -0.481 e. The molecule has 2 aliphatic rings. The van der Waals surface area contributed by atoms with Crippen LogP contribution in [-0.2, 0) is 9.59 Å². The Kier molecular flexibility index (Phi) is 4.50. The number of hydrogen-bond donors (Lipinski definition) is 2. The highest BCUT2D eigenvalue weighted by Gasteiger charge is 2.57. The van der Waals surface area contributed by atoms with Crippen LogP contribution >= 0.6 is 0 Å². The van der Waals surface area contributed by atoms with Gasteiger partial charge in [0.15, 0.2) is 5.78 Å². The van der Waals surface area contributed by atoms with Gasteiger partial charge >= 0.3 is 5.97 Å². The summed E-state index contributed by atoms with van der Waals surface area (Å²) in [6.45, 7) is 5.49. The van der Waals surface area contributed by atoms with Crippen molar-refractivity contribution in [3.05, 3.63) is 41.0 Å². The van der Waals surface area contributed by atoms with Gasteiger partial charge in [0, 0.05) is 11.3 Å². The Hall–Kier alpha value is -2.43. The van der Waals surface area contributed by atoms with E-state index in [1.807, 2.05) is 13.8 Å². The molecule has 1 aromatic rings. The Morgan fingerprint density at radius 1 is 0.960 bits per heavy atom. The van der Waals surface area contributed by atoms with Gasteiger partial charge in [-0.1, -0.05) is 11.1 Å². The van der Waals surface area contributed by atoms with Crippen LogP contribution in [0.5, 0.6) is 0 Å². The molecule has 1 aromatic carbocycles. The summed E-state index contributed by atoms with van der Waals surface area (Å²) in [5, 5.41) is 12.5. The first-order valence-electron chi connectivity index (χ1n) is 8.63. The Morgan fingerprint density at radius 3 is 2.00 bits per heavy atom. The van der Waals surface area contributed by atoms with E-state index in [9.17, 15) is 19.5 Å². The van der Waals surface area contributed by atoms with Crippen molar-refractivity contribution in [2.75, 3.05) is 5.32 Å². The number of hydrogen-bond acceptors (Lipinski definition) is 3. The van der Waals surface area contributed by atoms with Crippen LogP contribution in [0, 0.1) is 23.7 Å². The minimum atomic E-state index is -0.891. The number of anilines is 1. The number of nitrogens with one attached hydrogen (secondary N) is 1. The highest BCUT2D eigenvalue weighted by Crippen LogP contribution is 2.57. The summed E-state index contributed by atoms with van der Waals surface area (Å²) in [5.41, 5.74) is 3.47. The summed E-state index contributed by atoms with van der Waals surface area (Å²) in [6.07, 6.45) is 1.72. The highest BCUT2D eigenvalue weighted by molar-refractivity contribution is 5.98. The number of allylic oxidation sites excluding steroid dienone is 2. The maximum atomic E-state index is 12.8. The zero-order valence-corrected chi connectivity index (χ0v) is 14.7. The third-order valence-corrected chi connectivity index (χ3v) is 5.57. The van der Waals surface area contributed by atoms with E-state index >= 15 is 0 Å². The molecule has 2 bridgehead atoms. The molecule has 0 aliphatic heterocycles. The summed E-state index contributed by atoms with van der Waals surface area (Å²) in [7, 11) is 0. The topological polar surface area (TPSA) is 83.5 Å². The SMILES string of the molecule is CC(=O)c1ccc(NC(=O)[C@H]2[C@@H](C(=O)O)[C@H]3CC[C@H]2C3=C(C)C)cc1. The summed E-state index contributed by atoms with van der Waals surface area (Å²) in [6, 6.07) is 6.68. The number of ketones is 1. The number of carbonyl (C=O) groups is 3. The number of amides is 1. The molecule has 4 atom stereocenters. The van der Waals surface area contributed by atoms with Gasteiger partial charge in [-0.2, -0.15) is 0 Å². The fourth-order valence-electron chi connectivity index (χ4n) is 4.62. The van der Waals surface area contributed by atoms with E-state index in [1.54, 1.807) is 24.3 Å². The molecule has 1 amide bonds. The maximum absolute atomic E-state index is 12.8. The first kappa shape index (κ1) is 17.4. The van der Waals surface area contributed by atoms with Crippen LogP contribution in [0.25, 0.3) is 0 Å². The second kappa shape index (κ2) is 6.47. The van der Waals surface area contributed by atoms with Crippen LogP contribution in [-0.4, -0.2) is 22.8 Å². The molecule has 0 aromatic heterocycles. The molecule has 2 N–H and O–H groups in total. The average Bonchev–Trinajstić information content (AvgIpc) is 3.11. The molecule has 2 fully saturated rings. The molecule has 2 aliphatic carbocycles. The van der Waals surface area contributed by atoms with Crippen molar-refractivity contribution in [1.82, 2.24) is 0 Å². The molecule has 0 heterocycles. The zero-order valence-electron chi connectivity index (χ0n) is 14.7. The van der Waals surface area contributed by atoms with Crippen molar-refractivity contribution in [2.45, 2.75) is 33.6 Å². The number of aliphatic carboxylic acids is 1. The summed E-state index contributed by atoms with van der Waals surface area (Å²) >= 11 is 0. The molecule has 0 spiro atoms. The van der Waals surface area contributed by atoms with Crippen molar-refractivity contribution >= 4 is 23.3 Å². The molecule has 0 unspecified atom stereocenters. The Bertz CT molecular complexity index is 758. The van der Waals surface area contributed by atoms with Crippen LogP contribution in [0.3, 0.4) is 0 Å². The Balaban J connectivity index is 1.84. The number of carbonyl (C=O) groups excluding carboxylic acids is 2. The largest absolute Gasteiger partial charge is 0.481 e. The standard InChI is InChI=1S/C20H23NO4/c1-10(2)16-14-8-9-15(16)18(20(24)25)17(14)19(23)21-13-6-4-12(5-7-13)11(3)22/h4-7,14-15,17-18H,8-9H2,1-3H3,(H,21,23)(H,24,25)/t14-,15-,17+,18-/m0/s1. The van der Waals surface area contributed by atoms with Crippen LogP contribution < -0.4 is 5.32 Å². The van der Waals surface area contributed by atoms with E-state index in [1.165, 1.54) is 12.5 Å². The molecular weight excluding hydrogens is 318 g/mol. The first-order valence-corrected chi connectivity index (χ1v) is 8.63. The third kappa shape index (κ3) is 2.99. The van der Waals surface area contributed by atoms with E-state index in [-0.39, 0.29) is 23.5 Å². The second-order valence-corrected chi connectivity index (χ2v) is 7.26. The van der Waals surface area contributed by atoms with Crippen molar-refractivity contribution in [3.8, 4) is 0 Å². The summed E-state index contributed by atoms with van der Waals surface area (Å²) < 4.78 is 0. The lowest BCUT2D eigenvalue weighted by Gasteiger charge is -2.26. The number of carboxylic acid groups (broad SMARTS) is 1. The lowest BCUT2D eigenvalue weighted by Crippen LogP contribution is -2.37. The Labute approximate surface area is 147 Å². The Morgan fingerprint density at radius 2 is 1.52 bits per heavy atom. The number of Topliss-reactive ketones (excluding diaryl/α,β-unsaturated/α-hetero) is 1. The van der Waals surface area contributed by atoms with Crippen molar-refractivity contribution in [1.29, 1.82) is 0 Å². The molecule has 132 valence electrons. The van der Waals surface area contributed by atoms with E-state index in [4.69, 9.17) is 0 Å². The van der Waals surface area contributed by atoms with Gasteiger partial charge < -0.3 is 10.4 Å². The normalized spacial score (nSPS) is 27.2. The second-order valence-electron chi connectivity index (χ2n) is 7.26. The number of benzene rings is 1. The molecule has 25 heavy (non-hydrogen) atoms. The summed E-state index contributed by atoms with van der Waals surface area (Å²) in [4.78, 5) is 36.0. The van der Waals surface area contributed by atoms with E-state index in [0.29, 0.717) is 11.3 Å². The van der Waals surface area contributed by atoms with E-state index < -0.39 is 17.8 Å². The predicted octanol–water partition coefficient (Wildman–Crippen LogP) is 3.52. The van der Waals surface area contributed by atoms with Gasteiger partial charge in [0.25, 0.3) is 0 Å². The van der Waals surface area contributed by atoms with Gasteiger partial charge in [-0.3, -0.25) is 14.4 Å². The molecular formula is C20H23NO4. The van der Waals surface area contributed by atoms with Gasteiger partial charge in [-0.25, -0.2) is 0 Å². The van der Waals surface area contributed by atoms with Crippen molar-refractivity contribution in [3.63, 3.8) is 0 Å². The quantitative estimate of drug-likeness (QED) is 0.648. The van der Waals surface area contributed by atoms with Gasteiger partial charge in [-0.05, 0) is 69.7 Å². The van der Waals surface area contributed by atoms with Gasteiger partial charge in [0.1, 0.15) is 0 Å². The van der Waals surface area contributed by atoms with Crippen LogP contribution in [0.15, 0.2) is 35.4 Å². The van der Waals surface area contributed by atoms with Gasteiger partial charge in [0.05, 0.1) is 11.8 Å². The zero-order chi connectivity index (χ0) is 18.3. The van der Waals surface area contributed by atoms with E-state index in [2.05, 4.69) is 5.32 Å². The molecule has 5 heteroatoms. The first-order chi connectivity index (χ1) is 11.8. The van der Waals surface area contributed by atoms with Gasteiger partial charge in [-0.15, -0.1) is 0 Å². The van der Waals surface area contributed by atoms with Crippen molar-refractivity contribution < 1.29 is 19.5 Å². The maximum Gasteiger partial charge on any atom is 0.307 e. The average molecular weight is 341 g/mol. The van der Waals surface area contributed by atoms with E-state index in [0.717, 1.165) is 18.4 Å². The van der Waals surface area contributed by atoms with Crippen LogP contribution in [0.2, 0.25) is 0 Å². The lowest BCUT2D eigenvalue weighted by molar-refractivity contribution is -0.148. The number of rotatable bonds is 4. The van der Waals surface area contributed by atoms with Gasteiger partial charge in [0.2, 0.25) is 5.91 Å². The highest BCUT2D eigenvalue weighted by atomic mass is 16.4. The molecule has 0 saturated heterocycles. The molecule has 2 saturated carbocycles. The van der Waals surface area contributed by atoms with Crippen LogP contribution in [0.1, 0.15) is 44.0 Å². The molecule has 0 radical (unpaired) electrons. The number of fused-ring (bicyclic) bond motifs is 2. The monoisotopic (exact) mass is 341 g/mol. The predicted molar refractivity (Wildman–Crippen MR) is 94.3 cm³/mol. The van der Waals surface area contributed by atoms with Crippen molar-refractivity contribution in [2.24, 2.45) is 23.7 Å². The molecule has 5 nitrogen and oxygen atoms in total. The van der Waals surface area contributed by atoms with Crippen LogP contribution in [0.4, 0.5) is 5.69 Å². The minimum absolute atomic E-state index is 0.0209. The third-order valence-electron chi connectivity index (χ3n) is 5.57. The molecule has 3 rings (SSSR count). The lowest BCUT2D eigenvalue weighted by atomic mass is 9.78.